The van der Waals surface area contributed by atoms with E-state index in [4.69, 9.17) is 0 Å². The molecule has 1 aliphatic heterocycles. The number of nitrogens with zero attached hydrogens (tertiary/aromatic N) is 3. The number of nitro groups is 1. The predicted octanol–water partition coefficient (Wildman–Crippen LogP) is 8.92. The van der Waals surface area contributed by atoms with Gasteiger partial charge in [0.15, 0.2) is 0 Å². The van der Waals surface area contributed by atoms with E-state index in [1.165, 1.54) is 41.5 Å². The summed E-state index contributed by atoms with van der Waals surface area (Å²) < 4.78 is 3.09. The highest BCUT2D eigenvalue weighted by Gasteiger charge is 2.37. The summed E-state index contributed by atoms with van der Waals surface area (Å²) >= 11 is 0. The van der Waals surface area contributed by atoms with Gasteiger partial charge in [0.1, 0.15) is 0 Å². The Kier molecular flexibility index (Phi) is 15.7. The Hall–Kier alpha value is -4.53. The average Bonchev–Trinajstić information content (AvgIpc) is 3.64. The molecule has 0 unspecified atom stereocenters. The first kappa shape index (κ1) is 39.5. The molecule has 1 aromatic carbocycles. The summed E-state index contributed by atoms with van der Waals surface area (Å²) in [5.74, 6) is -1.42. The highest BCUT2D eigenvalue weighted by molar-refractivity contribution is 6.50. The Morgan fingerprint density at radius 1 is 0.932 bits per heavy atom. The maximum atomic E-state index is 13.1. The summed E-state index contributed by atoms with van der Waals surface area (Å²) in [5, 5.41) is 14.2. The molecule has 2 amide bonds. The number of carbonyl (C=O) groups excluding carboxylic acids is 3. The third kappa shape index (κ3) is 8.09. The minimum Gasteiger partial charge on any atom is -0.350 e. The zero-order valence-corrected chi connectivity index (χ0v) is 28.5. The number of non-ortho nitro benzene ring substituents is 1. The molecule has 1 N–H and O–H groups in total. The van der Waals surface area contributed by atoms with Crippen molar-refractivity contribution >= 4 is 57.6 Å². The van der Waals surface area contributed by atoms with Crippen LogP contribution in [0.25, 0.3) is 34.2 Å². The highest BCUT2D eigenvalue weighted by Crippen LogP contribution is 2.39. The molecule has 3 heterocycles. The molecule has 0 radical (unpaired) electrons. The Morgan fingerprint density at radius 3 is 1.86 bits per heavy atom. The number of hydrogen-bond donors (Lipinski definition) is 1. The fraction of sp³-hybridized carbons (Fsp3) is 0.400. The van der Waals surface area contributed by atoms with E-state index in [-0.39, 0.29) is 22.7 Å². The van der Waals surface area contributed by atoms with Crippen molar-refractivity contribution in [2.24, 2.45) is 12.5 Å². The molecule has 1 aliphatic rings. The molecule has 0 spiro atoms. The van der Waals surface area contributed by atoms with Crippen LogP contribution in [-0.2, 0) is 16.6 Å². The van der Waals surface area contributed by atoms with Crippen LogP contribution in [0, 0.1) is 15.5 Å². The van der Waals surface area contributed by atoms with E-state index in [2.05, 4.69) is 32.3 Å². The summed E-state index contributed by atoms with van der Waals surface area (Å²) in [6.45, 7) is 29.3. The van der Waals surface area contributed by atoms with Crippen molar-refractivity contribution in [1.82, 2.24) is 14.5 Å². The van der Waals surface area contributed by atoms with E-state index in [1.54, 1.807) is 44.6 Å². The Morgan fingerprint density at radius 2 is 1.43 bits per heavy atom. The van der Waals surface area contributed by atoms with Gasteiger partial charge >= 0.3 is 0 Å². The van der Waals surface area contributed by atoms with Crippen molar-refractivity contribution in [3.8, 4) is 0 Å². The van der Waals surface area contributed by atoms with Crippen LogP contribution < -0.4 is 5.32 Å². The van der Waals surface area contributed by atoms with Crippen molar-refractivity contribution in [2.45, 2.75) is 82.6 Å². The first-order chi connectivity index (χ1) is 20.8. The number of benzene rings is 1. The van der Waals surface area contributed by atoms with Gasteiger partial charge < -0.3 is 4.57 Å². The fourth-order valence-electron chi connectivity index (χ4n) is 4.34. The van der Waals surface area contributed by atoms with Gasteiger partial charge in [0, 0.05) is 59.1 Å². The van der Waals surface area contributed by atoms with E-state index in [9.17, 15) is 24.5 Å². The molecule has 2 aromatic heterocycles. The van der Waals surface area contributed by atoms with Gasteiger partial charge in [0.2, 0.25) is 5.91 Å². The number of carbonyl (C=O) groups is 3. The number of aryl methyl sites for hydroxylation is 1. The van der Waals surface area contributed by atoms with E-state index < -0.39 is 22.2 Å². The molecule has 44 heavy (non-hydrogen) atoms. The fourth-order valence-corrected chi connectivity index (χ4v) is 4.34. The first-order valence-electron chi connectivity index (χ1n) is 15.2. The van der Waals surface area contributed by atoms with E-state index in [0.29, 0.717) is 33.3 Å². The van der Waals surface area contributed by atoms with Gasteiger partial charge in [-0.15, -0.1) is 0 Å². The highest BCUT2D eigenvalue weighted by atomic mass is 16.6. The Labute approximate surface area is 262 Å². The number of rotatable bonds is 5. The number of amides is 2. The Bertz CT molecular complexity index is 1540. The summed E-state index contributed by atoms with van der Waals surface area (Å²) in [5.41, 5.74) is 1.70. The third-order valence-electron chi connectivity index (χ3n) is 6.00. The van der Waals surface area contributed by atoms with Crippen LogP contribution in [0.3, 0.4) is 0 Å². The minimum absolute atomic E-state index is 0.0891. The topological polar surface area (TPSA) is 116 Å². The van der Waals surface area contributed by atoms with Crippen molar-refractivity contribution < 1.29 is 19.3 Å². The molecule has 9 heteroatoms. The minimum atomic E-state index is -0.720. The number of nitrogens with one attached hydrogen (secondary N) is 1. The van der Waals surface area contributed by atoms with Crippen LogP contribution in [-0.4, -0.2) is 31.8 Å². The van der Waals surface area contributed by atoms with Crippen molar-refractivity contribution in [3.63, 3.8) is 0 Å². The van der Waals surface area contributed by atoms with Crippen molar-refractivity contribution in [1.29, 1.82) is 0 Å². The first-order valence-corrected chi connectivity index (χ1v) is 15.2. The van der Waals surface area contributed by atoms with Gasteiger partial charge in [-0.05, 0) is 12.1 Å². The van der Waals surface area contributed by atoms with Crippen LogP contribution in [0.4, 0.5) is 5.69 Å². The maximum absolute atomic E-state index is 13.1. The lowest BCUT2D eigenvalue weighted by atomic mass is 9.94. The lowest BCUT2D eigenvalue weighted by molar-refractivity contribution is -0.384. The molecule has 240 valence electrons. The second-order valence-corrected chi connectivity index (χ2v) is 10.0. The lowest BCUT2D eigenvalue weighted by Gasteiger charge is -2.18. The molecule has 3 aromatic rings. The predicted molar refractivity (Wildman–Crippen MR) is 184 cm³/mol. The standard InChI is InChI=1S/C26H24N4O5.C3H8.3C2H6/c1-7-15-18(13-29(19(15)8-2)25(33)26(3,4)5)22-21(23(31)27-24(22)32)17-12-28(6)20-11-14(30(34)35)9-10-16(17)20;1-3-2;3*1-2/h7-13H,1-2H2,3-6H3,(H,27,31,32);3H2,1-2H3;3*1-2H3. The molecular formula is C35H50N4O5. The molecule has 0 saturated carbocycles. The molecule has 0 bridgehead atoms. The van der Waals surface area contributed by atoms with Crippen LogP contribution >= 0.6 is 0 Å². The van der Waals surface area contributed by atoms with Gasteiger partial charge in [-0.1, -0.05) is 102 Å². The van der Waals surface area contributed by atoms with Gasteiger partial charge in [-0.2, -0.15) is 0 Å². The molecule has 0 aliphatic carbocycles. The Balaban J connectivity index is 0.00000187. The molecular weight excluding hydrogens is 556 g/mol. The van der Waals surface area contributed by atoms with Gasteiger partial charge in [-0.3, -0.25) is 34.4 Å². The number of aromatic nitrogens is 2. The van der Waals surface area contributed by atoms with Crippen molar-refractivity contribution in [2.75, 3.05) is 0 Å². The molecule has 0 fully saturated rings. The van der Waals surface area contributed by atoms with Gasteiger partial charge in [0.25, 0.3) is 17.5 Å². The number of fused-ring (bicyclic) bond motifs is 1. The van der Waals surface area contributed by atoms with Gasteiger partial charge in [0.05, 0.1) is 27.3 Å². The van der Waals surface area contributed by atoms with E-state index in [1.807, 2.05) is 41.5 Å². The molecule has 4 rings (SSSR count). The summed E-state index contributed by atoms with van der Waals surface area (Å²) in [6.07, 6.45) is 7.47. The molecule has 0 saturated heterocycles. The zero-order chi connectivity index (χ0) is 34.5. The quantitative estimate of drug-likeness (QED) is 0.177. The normalized spacial score (nSPS) is 11.9. The molecule has 0 atom stereocenters. The van der Waals surface area contributed by atoms with Crippen LogP contribution in [0.1, 0.15) is 110 Å². The zero-order valence-electron chi connectivity index (χ0n) is 28.5. The number of imide groups is 1. The summed E-state index contributed by atoms with van der Waals surface area (Å²) in [4.78, 5) is 50.0. The SMILES string of the molecule is C=Cc1c(C2=C(c3cn(C)c4cc([N+](=O)[O-])ccc34)C(=O)NC2=O)cn(C(=O)C(C)(C)C)c1C=C.CC.CC.CC.CCC. The largest absolute Gasteiger partial charge is 0.350 e. The van der Waals surface area contributed by atoms with Crippen LogP contribution in [0.15, 0.2) is 43.8 Å². The average molecular weight is 607 g/mol. The number of nitro benzene ring substituents is 1. The van der Waals surface area contributed by atoms with Crippen LogP contribution in [0.2, 0.25) is 0 Å². The van der Waals surface area contributed by atoms with Gasteiger partial charge in [-0.25, -0.2) is 0 Å². The lowest BCUT2D eigenvalue weighted by Crippen LogP contribution is -2.27. The van der Waals surface area contributed by atoms with E-state index in [0.717, 1.165) is 0 Å². The third-order valence-corrected chi connectivity index (χ3v) is 6.00. The summed E-state index contributed by atoms with van der Waals surface area (Å²) in [7, 11) is 1.70. The van der Waals surface area contributed by atoms with Crippen molar-refractivity contribution in [3.05, 3.63) is 76.2 Å². The maximum Gasteiger partial charge on any atom is 0.271 e. The van der Waals surface area contributed by atoms with Crippen LogP contribution in [0.5, 0.6) is 0 Å². The second-order valence-electron chi connectivity index (χ2n) is 10.0. The smallest absolute Gasteiger partial charge is 0.271 e. The number of hydrogen-bond acceptors (Lipinski definition) is 5. The van der Waals surface area contributed by atoms with E-state index >= 15 is 0 Å². The monoisotopic (exact) mass is 606 g/mol. The summed E-state index contributed by atoms with van der Waals surface area (Å²) in [6, 6.07) is 4.32. The molecule has 9 nitrogen and oxygen atoms in total. The second kappa shape index (κ2) is 17.6.